The summed E-state index contributed by atoms with van der Waals surface area (Å²) < 4.78 is 5.41. The molecule has 6 nitrogen and oxygen atoms in total. The molecule has 1 fully saturated rings. The first-order valence-corrected chi connectivity index (χ1v) is 11.2. The zero-order valence-electron chi connectivity index (χ0n) is 17.1. The van der Waals surface area contributed by atoms with Crippen molar-refractivity contribution in [2.75, 3.05) is 31.1 Å². The molecular weight excluding hydrogens is 384 g/mol. The van der Waals surface area contributed by atoms with Crippen molar-refractivity contribution < 1.29 is 9.53 Å². The molecule has 1 amide bonds. The number of benzene rings is 1. The average Bonchev–Trinajstić information content (AvgIpc) is 3.25. The Balaban J connectivity index is 1.69. The van der Waals surface area contributed by atoms with Gasteiger partial charge in [0, 0.05) is 37.4 Å². The average molecular weight is 417 g/mol. The molecule has 0 aliphatic carbocycles. The maximum atomic E-state index is 10.9. The van der Waals surface area contributed by atoms with Gasteiger partial charge >= 0.3 is 0 Å². The van der Waals surface area contributed by atoms with Crippen LogP contribution in [0.5, 0.6) is 5.75 Å². The summed E-state index contributed by atoms with van der Waals surface area (Å²) in [6.07, 6.45) is 3.33. The number of rotatable bonds is 10. The predicted octanol–water partition coefficient (Wildman–Crippen LogP) is 2.82. The number of hydrogen-bond donors (Lipinski definition) is 2. The van der Waals surface area contributed by atoms with Crippen molar-refractivity contribution >= 4 is 22.9 Å². The van der Waals surface area contributed by atoms with Crippen LogP contribution >= 0.6 is 11.3 Å². The summed E-state index contributed by atoms with van der Waals surface area (Å²) in [4.78, 5) is 16.0. The summed E-state index contributed by atoms with van der Waals surface area (Å²) in [6.45, 7) is 6.03. The minimum atomic E-state index is -0.469. The number of hydrogen-bond acceptors (Lipinski definition) is 6. The maximum Gasteiger partial charge on any atom is 0.255 e. The molecular formula is C22H32N4O2S. The number of carbonyl (C=O) groups excluding carboxylic acids is 1. The zero-order valence-corrected chi connectivity index (χ0v) is 17.9. The number of thiophene rings is 1. The van der Waals surface area contributed by atoms with Crippen LogP contribution in [0.1, 0.15) is 31.7 Å². The van der Waals surface area contributed by atoms with E-state index in [9.17, 15) is 4.79 Å². The second kappa shape index (κ2) is 10.6. The molecule has 29 heavy (non-hydrogen) atoms. The molecule has 1 aromatic heterocycles. The van der Waals surface area contributed by atoms with Crippen LogP contribution in [-0.2, 0) is 11.3 Å². The Morgan fingerprint density at radius 1 is 1.28 bits per heavy atom. The molecule has 3 rings (SSSR count). The van der Waals surface area contributed by atoms with Crippen LogP contribution in [0.3, 0.4) is 0 Å². The van der Waals surface area contributed by atoms with Crippen LogP contribution in [0.25, 0.3) is 0 Å². The van der Waals surface area contributed by atoms with E-state index in [1.54, 1.807) is 11.3 Å². The monoisotopic (exact) mass is 416 g/mol. The van der Waals surface area contributed by atoms with Crippen LogP contribution in [-0.4, -0.2) is 49.1 Å². The van der Waals surface area contributed by atoms with Gasteiger partial charge in [0.15, 0.2) is 6.61 Å². The molecule has 0 saturated carbocycles. The summed E-state index contributed by atoms with van der Waals surface area (Å²) in [5.41, 5.74) is 13.4. The number of nitrogens with two attached hydrogens (primary N) is 2. The Hall–Kier alpha value is -2.09. The number of likely N-dealkylation sites (tertiary alicyclic amines) is 1. The molecule has 1 saturated heterocycles. The van der Waals surface area contributed by atoms with Gasteiger partial charge in [0.05, 0.1) is 0 Å². The molecule has 0 bridgehead atoms. The largest absolute Gasteiger partial charge is 0.484 e. The SMILES string of the molecule is C[C@H](CCN)N1CCC(N(Cc2ccsc2)c2ccc(OCC(N)=O)cc2)CC1. The Kier molecular flexibility index (Phi) is 7.91. The number of primary amides is 1. The van der Waals surface area contributed by atoms with Crippen LogP contribution in [0.2, 0.25) is 0 Å². The molecule has 0 radical (unpaired) electrons. The van der Waals surface area contributed by atoms with Crippen molar-refractivity contribution in [3.05, 3.63) is 46.7 Å². The third-order valence-electron chi connectivity index (χ3n) is 5.63. The van der Waals surface area contributed by atoms with Gasteiger partial charge in [-0.1, -0.05) is 0 Å². The van der Waals surface area contributed by atoms with Gasteiger partial charge in [-0.15, -0.1) is 0 Å². The van der Waals surface area contributed by atoms with E-state index in [0.717, 1.165) is 45.4 Å². The van der Waals surface area contributed by atoms with Gasteiger partial charge in [0.2, 0.25) is 0 Å². The lowest BCUT2D eigenvalue weighted by Crippen LogP contribution is -2.47. The normalized spacial score (nSPS) is 16.5. The third-order valence-corrected chi connectivity index (χ3v) is 6.36. The molecule has 1 aliphatic heterocycles. The fraction of sp³-hybridized carbons (Fsp3) is 0.500. The molecule has 4 N–H and O–H groups in total. The quantitative estimate of drug-likeness (QED) is 0.622. The minimum Gasteiger partial charge on any atom is -0.484 e. The molecule has 7 heteroatoms. The molecule has 2 heterocycles. The van der Waals surface area contributed by atoms with Crippen molar-refractivity contribution in [1.82, 2.24) is 4.90 Å². The second-order valence-corrected chi connectivity index (χ2v) is 8.48. The van der Waals surface area contributed by atoms with Gasteiger partial charge in [0.1, 0.15) is 5.75 Å². The van der Waals surface area contributed by atoms with E-state index >= 15 is 0 Å². The van der Waals surface area contributed by atoms with E-state index in [1.807, 2.05) is 12.1 Å². The second-order valence-electron chi connectivity index (χ2n) is 7.70. The van der Waals surface area contributed by atoms with E-state index in [2.05, 4.69) is 45.7 Å². The molecule has 1 aromatic carbocycles. The van der Waals surface area contributed by atoms with E-state index in [-0.39, 0.29) is 6.61 Å². The van der Waals surface area contributed by atoms with Gasteiger partial charge in [-0.3, -0.25) is 4.79 Å². The number of amides is 1. The van der Waals surface area contributed by atoms with Crippen molar-refractivity contribution in [3.63, 3.8) is 0 Å². The van der Waals surface area contributed by atoms with E-state index < -0.39 is 5.91 Å². The van der Waals surface area contributed by atoms with E-state index in [4.69, 9.17) is 16.2 Å². The molecule has 1 atom stereocenters. The Morgan fingerprint density at radius 2 is 2.00 bits per heavy atom. The van der Waals surface area contributed by atoms with Crippen LogP contribution in [0.15, 0.2) is 41.1 Å². The highest BCUT2D eigenvalue weighted by Gasteiger charge is 2.27. The molecule has 1 aliphatic rings. The third kappa shape index (κ3) is 6.19. The smallest absolute Gasteiger partial charge is 0.255 e. The van der Waals surface area contributed by atoms with Crippen molar-refractivity contribution in [3.8, 4) is 5.75 Å². The van der Waals surface area contributed by atoms with Gasteiger partial charge in [-0.05, 0) is 79.4 Å². The van der Waals surface area contributed by atoms with Crippen molar-refractivity contribution in [1.29, 1.82) is 0 Å². The van der Waals surface area contributed by atoms with Gasteiger partial charge in [-0.2, -0.15) is 11.3 Å². The van der Waals surface area contributed by atoms with Gasteiger partial charge < -0.3 is 26.0 Å². The highest BCUT2D eigenvalue weighted by Crippen LogP contribution is 2.29. The first-order chi connectivity index (χ1) is 14.1. The summed E-state index contributed by atoms with van der Waals surface area (Å²) in [7, 11) is 0. The Labute approximate surface area is 177 Å². The molecule has 2 aromatic rings. The summed E-state index contributed by atoms with van der Waals surface area (Å²) >= 11 is 1.73. The van der Waals surface area contributed by atoms with Crippen molar-refractivity contribution in [2.24, 2.45) is 11.5 Å². The molecule has 0 unspecified atom stereocenters. The number of carbonyl (C=O) groups is 1. The Morgan fingerprint density at radius 3 is 2.59 bits per heavy atom. The fourth-order valence-electron chi connectivity index (χ4n) is 3.96. The summed E-state index contributed by atoms with van der Waals surface area (Å²) in [5.74, 6) is 0.192. The van der Waals surface area contributed by atoms with Crippen LogP contribution in [0.4, 0.5) is 5.69 Å². The van der Waals surface area contributed by atoms with E-state index in [0.29, 0.717) is 17.8 Å². The standard InChI is InChI=1S/C22H32N4O2S/c1-17(6-10-23)25-11-7-20(8-12-25)26(14-18-9-13-29-16-18)19-2-4-21(5-3-19)28-15-22(24)27/h2-5,9,13,16-17,20H,6-8,10-12,14-15,23H2,1H3,(H2,24,27)/t17-/m1/s1. The zero-order chi connectivity index (χ0) is 20.6. The first-order valence-electron chi connectivity index (χ1n) is 10.3. The highest BCUT2D eigenvalue weighted by molar-refractivity contribution is 7.07. The lowest BCUT2D eigenvalue weighted by Gasteiger charge is -2.41. The number of anilines is 1. The number of ether oxygens (including phenoxy) is 1. The maximum absolute atomic E-state index is 10.9. The lowest BCUT2D eigenvalue weighted by molar-refractivity contribution is -0.119. The molecule has 158 valence electrons. The van der Waals surface area contributed by atoms with Gasteiger partial charge in [0.25, 0.3) is 5.91 Å². The number of piperidine rings is 1. The first kappa shape index (κ1) is 21.6. The highest BCUT2D eigenvalue weighted by atomic mass is 32.1. The van der Waals surface area contributed by atoms with Crippen LogP contribution < -0.4 is 21.1 Å². The summed E-state index contributed by atoms with van der Waals surface area (Å²) in [5, 5.41) is 4.35. The lowest BCUT2D eigenvalue weighted by atomic mass is 9.99. The molecule has 0 spiro atoms. The van der Waals surface area contributed by atoms with Crippen LogP contribution in [0, 0.1) is 0 Å². The Bertz CT molecular complexity index is 743. The van der Waals surface area contributed by atoms with E-state index in [1.165, 1.54) is 11.3 Å². The van der Waals surface area contributed by atoms with Gasteiger partial charge in [-0.25, -0.2) is 0 Å². The predicted molar refractivity (Wildman–Crippen MR) is 119 cm³/mol. The summed E-state index contributed by atoms with van der Waals surface area (Å²) in [6, 6.07) is 11.2. The topological polar surface area (TPSA) is 84.8 Å². The van der Waals surface area contributed by atoms with Crippen molar-refractivity contribution in [2.45, 2.75) is 44.8 Å². The fourth-order valence-corrected chi connectivity index (χ4v) is 4.62. The number of nitrogens with zero attached hydrogens (tertiary/aromatic N) is 2. The minimum absolute atomic E-state index is 0.0998.